The van der Waals surface area contributed by atoms with Crippen LogP contribution in [-0.4, -0.2) is 66.2 Å². The van der Waals surface area contributed by atoms with Crippen molar-refractivity contribution in [2.75, 3.05) is 33.8 Å². The quantitative estimate of drug-likeness (QED) is 0.479. The van der Waals surface area contributed by atoms with E-state index in [1.165, 1.54) is 0 Å². The first-order chi connectivity index (χ1) is 17.1. The van der Waals surface area contributed by atoms with E-state index < -0.39 is 0 Å². The zero-order chi connectivity index (χ0) is 26.1. The van der Waals surface area contributed by atoms with E-state index >= 15 is 0 Å². The van der Waals surface area contributed by atoms with Crippen LogP contribution in [0.2, 0.25) is 10.0 Å². The fourth-order valence-electron chi connectivity index (χ4n) is 6.52. The maximum absolute atomic E-state index is 13.8. The van der Waals surface area contributed by atoms with Crippen molar-refractivity contribution in [2.45, 2.75) is 63.0 Å². The number of carbonyl (C=O) groups is 1. The first-order valence-electron chi connectivity index (χ1n) is 12.9. The second-order valence-electron chi connectivity index (χ2n) is 11.1. The number of methoxy groups -OCH3 is 1. The van der Waals surface area contributed by atoms with Gasteiger partial charge in [-0.2, -0.15) is 0 Å². The number of phenolic OH excluding ortho intramolecular Hbond substituents is 1. The van der Waals surface area contributed by atoms with Crippen molar-refractivity contribution in [3.63, 3.8) is 0 Å². The lowest BCUT2D eigenvalue weighted by Gasteiger charge is -2.60. The Balaban J connectivity index is 1.69. The van der Waals surface area contributed by atoms with E-state index in [1.807, 2.05) is 25.3 Å². The van der Waals surface area contributed by atoms with Crippen molar-refractivity contribution in [3.05, 3.63) is 63.6 Å². The molecule has 7 heteroatoms. The lowest BCUT2D eigenvalue weighted by Crippen LogP contribution is -2.67. The van der Waals surface area contributed by atoms with Gasteiger partial charge < -0.3 is 19.6 Å². The summed E-state index contributed by atoms with van der Waals surface area (Å²) < 4.78 is 6.39. The van der Waals surface area contributed by atoms with E-state index in [9.17, 15) is 9.90 Å². The van der Waals surface area contributed by atoms with Gasteiger partial charge in [0.25, 0.3) is 0 Å². The van der Waals surface area contributed by atoms with E-state index in [1.54, 1.807) is 18.2 Å². The molecule has 4 rings (SSSR count). The van der Waals surface area contributed by atoms with Crippen LogP contribution in [-0.2, 0) is 21.4 Å². The summed E-state index contributed by atoms with van der Waals surface area (Å²) in [6.07, 6.45) is 3.73. The second-order valence-corrected chi connectivity index (χ2v) is 11.9. The lowest BCUT2D eigenvalue weighted by atomic mass is 9.55. The number of benzene rings is 2. The molecule has 0 bridgehead atoms. The number of aromatic hydroxyl groups is 1. The average Bonchev–Trinajstić information content (AvgIpc) is 2.84. The number of rotatable bonds is 7. The fourth-order valence-corrected chi connectivity index (χ4v) is 6.84. The molecule has 0 spiro atoms. The molecule has 196 valence electrons. The molecule has 1 saturated heterocycles. The third-order valence-corrected chi connectivity index (χ3v) is 8.97. The van der Waals surface area contributed by atoms with Crippen LogP contribution in [0.1, 0.15) is 50.7 Å². The number of ether oxygens (including phenoxy) is 1. The van der Waals surface area contributed by atoms with Gasteiger partial charge in [-0.25, -0.2) is 0 Å². The number of hydrogen-bond donors (Lipinski definition) is 1. The van der Waals surface area contributed by atoms with Crippen LogP contribution < -0.4 is 0 Å². The largest absolute Gasteiger partial charge is 0.508 e. The minimum Gasteiger partial charge on any atom is -0.508 e. The van der Waals surface area contributed by atoms with Gasteiger partial charge in [0, 0.05) is 31.7 Å². The number of phenols is 1. The highest BCUT2D eigenvalue weighted by atomic mass is 35.5. The molecule has 5 nitrogen and oxygen atoms in total. The Labute approximate surface area is 225 Å². The van der Waals surface area contributed by atoms with E-state index in [2.05, 4.69) is 36.8 Å². The van der Waals surface area contributed by atoms with Crippen LogP contribution in [0.25, 0.3) is 0 Å². The molecule has 1 N–H and O–H groups in total. The average molecular weight is 534 g/mol. The molecule has 3 atom stereocenters. The van der Waals surface area contributed by atoms with Crippen LogP contribution in [0.15, 0.2) is 42.5 Å². The third kappa shape index (κ3) is 5.26. The summed E-state index contributed by atoms with van der Waals surface area (Å²) in [5, 5.41) is 11.3. The van der Waals surface area contributed by atoms with E-state index in [0.717, 1.165) is 49.9 Å². The second kappa shape index (κ2) is 10.9. The van der Waals surface area contributed by atoms with Gasteiger partial charge in [0.05, 0.1) is 22.1 Å². The molecule has 1 aliphatic heterocycles. The molecule has 2 aromatic carbocycles. The highest BCUT2D eigenvalue weighted by Crippen LogP contribution is 2.54. The Morgan fingerprint density at radius 2 is 1.97 bits per heavy atom. The van der Waals surface area contributed by atoms with Gasteiger partial charge in [0.15, 0.2) is 0 Å². The van der Waals surface area contributed by atoms with Gasteiger partial charge in [-0.3, -0.25) is 4.79 Å². The van der Waals surface area contributed by atoms with Crippen molar-refractivity contribution in [2.24, 2.45) is 5.92 Å². The molecule has 2 aliphatic rings. The number of likely N-dealkylation sites (N-methyl/N-ethyl adjacent to an activating group) is 1. The number of amides is 1. The number of fused-ring (bicyclic) bond motifs is 1. The molecular weight excluding hydrogens is 495 g/mol. The summed E-state index contributed by atoms with van der Waals surface area (Å²) in [5.41, 5.74) is 1.30. The summed E-state index contributed by atoms with van der Waals surface area (Å²) in [4.78, 5) is 18.2. The number of halogens is 2. The van der Waals surface area contributed by atoms with Gasteiger partial charge in [-0.15, -0.1) is 0 Å². The predicted molar refractivity (Wildman–Crippen MR) is 146 cm³/mol. The Kier molecular flexibility index (Phi) is 8.25. The highest BCUT2D eigenvalue weighted by molar-refractivity contribution is 6.42. The fraction of sp³-hybridized carbons (Fsp3) is 0.552. The summed E-state index contributed by atoms with van der Waals surface area (Å²) in [6, 6.07) is 13.1. The van der Waals surface area contributed by atoms with E-state index in [4.69, 9.17) is 27.9 Å². The number of carbonyl (C=O) groups excluding carboxylic acids is 1. The van der Waals surface area contributed by atoms with E-state index in [-0.39, 0.29) is 35.1 Å². The Bertz CT molecular complexity index is 1090. The number of nitrogens with zero attached hydrogens (tertiary/aromatic N) is 2. The van der Waals surface area contributed by atoms with Crippen LogP contribution in [0.4, 0.5) is 0 Å². The zero-order valence-electron chi connectivity index (χ0n) is 21.8. The molecule has 0 radical (unpaired) electrons. The molecule has 1 heterocycles. The summed E-state index contributed by atoms with van der Waals surface area (Å²) in [5.74, 6) is 0.713. The summed E-state index contributed by atoms with van der Waals surface area (Å²) in [7, 11) is 3.96. The zero-order valence-corrected chi connectivity index (χ0v) is 23.3. The van der Waals surface area contributed by atoms with Crippen molar-refractivity contribution >= 4 is 29.1 Å². The van der Waals surface area contributed by atoms with Crippen LogP contribution >= 0.6 is 23.2 Å². The molecule has 1 amide bonds. The van der Waals surface area contributed by atoms with Crippen molar-refractivity contribution in [1.29, 1.82) is 0 Å². The molecule has 0 aromatic heterocycles. The normalized spacial score (nSPS) is 26.6. The van der Waals surface area contributed by atoms with Crippen LogP contribution in [0.3, 0.4) is 0 Å². The molecule has 2 fully saturated rings. The lowest BCUT2D eigenvalue weighted by molar-refractivity contribution is -0.159. The van der Waals surface area contributed by atoms with Gasteiger partial charge in [0.1, 0.15) is 5.75 Å². The first-order valence-corrected chi connectivity index (χ1v) is 13.6. The minimum atomic E-state index is -0.374. The molecule has 1 saturated carbocycles. The molecule has 2 aromatic rings. The summed E-state index contributed by atoms with van der Waals surface area (Å²) in [6.45, 7) is 6.77. The standard InChI is InChI=1S/C29H38Cl2N2O3/c1-20(2)18-33(27(35)15-21-8-9-25(30)26(31)14-21)23-10-11-29(36-4)19-32(3)13-12-28(29,17-23)22-6-5-7-24(34)16-22/h5-9,14,16,20,23,34H,10-13,15,17-19H2,1-4H3/t23-,28+,29+/m1/s1. The van der Waals surface area contributed by atoms with Crippen molar-refractivity contribution in [3.8, 4) is 5.75 Å². The maximum atomic E-state index is 13.8. The minimum absolute atomic E-state index is 0.0803. The molecule has 36 heavy (non-hydrogen) atoms. The van der Waals surface area contributed by atoms with E-state index in [0.29, 0.717) is 22.5 Å². The van der Waals surface area contributed by atoms with Crippen LogP contribution in [0, 0.1) is 5.92 Å². The monoisotopic (exact) mass is 532 g/mol. The third-order valence-electron chi connectivity index (χ3n) is 8.24. The molecule has 0 unspecified atom stereocenters. The van der Waals surface area contributed by atoms with Gasteiger partial charge in [-0.1, -0.05) is 55.2 Å². The summed E-state index contributed by atoms with van der Waals surface area (Å²) >= 11 is 12.3. The Morgan fingerprint density at radius 1 is 1.19 bits per heavy atom. The Hall–Kier alpha value is -1.79. The topological polar surface area (TPSA) is 53.0 Å². The van der Waals surface area contributed by atoms with Gasteiger partial charge in [-0.05, 0) is 80.6 Å². The predicted octanol–water partition coefficient (Wildman–Crippen LogP) is 5.94. The van der Waals surface area contributed by atoms with Crippen molar-refractivity contribution < 1.29 is 14.6 Å². The number of hydrogen-bond acceptors (Lipinski definition) is 4. The first kappa shape index (κ1) is 27.3. The van der Waals surface area contributed by atoms with Crippen LogP contribution in [0.5, 0.6) is 5.75 Å². The molecular formula is C29H38Cl2N2O3. The maximum Gasteiger partial charge on any atom is 0.227 e. The number of piperidine rings is 1. The van der Waals surface area contributed by atoms with Gasteiger partial charge >= 0.3 is 0 Å². The smallest absolute Gasteiger partial charge is 0.227 e. The Morgan fingerprint density at radius 3 is 2.64 bits per heavy atom. The molecule has 1 aliphatic carbocycles. The van der Waals surface area contributed by atoms with Crippen molar-refractivity contribution in [1.82, 2.24) is 9.80 Å². The number of likely N-dealkylation sites (tertiary alicyclic amines) is 1. The van der Waals surface area contributed by atoms with Gasteiger partial charge in [0.2, 0.25) is 5.91 Å². The highest BCUT2D eigenvalue weighted by Gasteiger charge is 2.59. The SMILES string of the molecule is CO[C@]12CC[C@@H](N(CC(C)C)C(=O)Cc3ccc(Cl)c(Cl)c3)C[C@]1(c1cccc(O)c1)CCN(C)C2.